The predicted molar refractivity (Wildman–Crippen MR) is 138 cm³/mol. The first-order chi connectivity index (χ1) is 17.4. The molecule has 0 aliphatic carbocycles. The summed E-state index contributed by atoms with van der Waals surface area (Å²) in [5.74, 6) is 0.200. The summed E-state index contributed by atoms with van der Waals surface area (Å²) in [4.78, 5) is 29.0. The highest BCUT2D eigenvalue weighted by Crippen LogP contribution is 2.42. The van der Waals surface area contributed by atoms with Crippen molar-refractivity contribution >= 4 is 22.6 Å². The number of nitrogens with zero attached hydrogens (tertiary/aromatic N) is 1. The van der Waals surface area contributed by atoms with Crippen LogP contribution in [0.15, 0.2) is 75.9 Å². The summed E-state index contributed by atoms with van der Waals surface area (Å²) >= 11 is 0. The van der Waals surface area contributed by atoms with Crippen LogP contribution in [0.25, 0.3) is 11.0 Å². The first kappa shape index (κ1) is 23.8. The van der Waals surface area contributed by atoms with E-state index in [0.29, 0.717) is 29.5 Å². The first-order valence-electron chi connectivity index (χ1n) is 12.3. The zero-order chi connectivity index (χ0) is 25.4. The number of carbonyl (C=O) groups excluding carboxylic acids is 1. The van der Waals surface area contributed by atoms with Crippen LogP contribution in [-0.2, 0) is 6.42 Å². The Morgan fingerprint density at radius 2 is 1.81 bits per heavy atom. The zero-order valence-electron chi connectivity index (χ0n) is 20.6. The van der Waals surface area contributed by atoms with Gasteiger partial charge in [-0.15, -0.1) is 0 Å². The van der Waals surface area contributed by atoms with Crippen LogP contribution in [0.5, 0.6) is 5.75 Å². The van der Waals surface area contributed by atoms with E-state index in [4.69, 9.17) is 9.15 Å². The Hall–Kier alpha value is -3.93. The largest absolute Gasteiger partial charge is 0.494 e. The standard InChI is InChI=1S/C30H28FNO4/c1-4-19-8-11-22(12-9-19)32-27(20-6-5-7-23(16-20)35-15-14-18(2)3)26-28(33)24-17-21(31)10-13-25(24)36-29(26)30(32)34/h5-13,16-18,27H,4,14-15H2,1-3H3. The molecule has 0 fully saturated rings. The second-order valence-electron chi connectivity index (χ2n) is 9.52. The highest BCUT2D eigenvalue weighted by Gasteiger charge is 2.43. The third-order valence-corrected chi connectivity index (χ3v) is 6.59. The monoisotopic (exact) mass is 485 g/mol. The van der Waals surface area contributed by atoms with Gasteiger partial charge in [0, 0.05) is 5.69 Å². The van der Waals surface area contributed by atoms with E-state index in [1.807, 2.05) is 48.5 Å². The van der Waals surface area contributed by atoms with E-state index in [-0.39, 0.29) is 22.3 Å². The van der Waals surface area contributed by atoms with Gasteiger partial charge in [-0.1, -0.05) is 45.0 Å². The summed E-state index contributed by atoms with van der Waals surface area (Å²) < 4.78 is 25.9. The molecular weight excluding hydrogens is 457 g/mol. The minimum atomic E-state index is -0.738. The van der Waals surface area contributed by atoms with Crippen molar-refractivity contribution in [2.24, 2.45) is 5.92 Å². The Morgan fingerprint density at radius 3 is 2.53 bits per heavy atom. The summed E-state index contributed by atoms with van der Waals surface area (Å²) in [5, 5.41) is 0.110. The molecule has 5 nitrogen and oxygen atoms in total. The van der Waals surface area contributed by atoms with Crippen LogP contribution < -0.4 is 15.1 Å². The van der Waals surface area contributed by atoms with Gasteiger partial charge in [0.2, 0.25) is 5.76 Å². The summed E-state index contributed by atoms with van der Waals surface area (Å²) in [5.41, 5.74) is 2.47. The lowest BCUT2D eigenvalue weighted by molar-refractivity contribution is 0.0971. The molecule has 4 aromatic rings. The van der Waals surface area contributed by atoms with Gasteiger partial charge >= 0.3 is 0 Å². The molecule has 1 unspecified atom stereocenters. The number of benzene rings is 3. The van der Waals surface area contributed by atoms with Gasteiger partial charge in [0.25, 0.3) is 5.91 Å². The van der Waals surface area contributed by atoms with Gasteiger partial charge in [0.05, 0.1) is 23.6 Å². The number of carbonyl (C=O) groups is 1. The van der Waals surface area contributed by atoms with Crippen molar-refractivity contribution in [1.82, 2.24) is 0 Å². The molecule has 2 heterocycles. The molecule has 5 rings (SSSR count). The van der Waals surface area contributed by atoms with E-state index in [1.165, 1.54) is 12.1 Å². The fourth-order valence-electron chi connectivity index (χ4n) is 4.61. The molecule has 0 bridgehead atoms. The van der Waals surface area contributed by atoms with E-state index in [0.717, 1.165) is 24.5 Å². The van der Waals surface area contributed by atoms with Gasteiger partial charge in [-0.2, -0.15) is 0 Å². The van der Waals surface area contributed by atoms with Gasteiger partial charge in [-0.3, -0.25) is 14.5 Å². The molecule has 0 radical (unpaired) electrons. The Kier molecular flexibility index (Phi) is 6.35. The van der Waals surface area contributed by atoms with Crippen molar-refractivity contribution in [3.63, 3.8) is 0 Å². The molecule has 3 aromatic carbocycles. The molecule has 1 aliphatic rings. The van der Waals surface area contributed by atoms with Crippen LogP contribution in [0.2, 0.25) is 0 Å². The fourth-order valence-corrected chi connectivity index (χ4v) is 4.61. The highest BCUT2D eigenvalue weighted by atomic mass is 19.1. The molecule has 0 spiro atoms. The molecule has 6 heteroatoms. The first-order valence-corrected chi connectivity index (χ1v) is 12.3. The lowest BCUT2D eigenvalue weighted by Crippen LogP contribution is -2.29. The maximum Gasteiger partial charge on any atom is 0.295 e. The van der Waals surface area contributed by atoms with Crippen molar-refractivity contribution in [3.05, 3.63) is 105 Å². The molecule has 36 heavy (non-hydrogen) atoms. The highest BCUT2D eigenvalue weighted by molar-refractivity contribution is 6.10. The van der Waals surface area contributed by atoms with E-state index < -0.39 is 23.2 Å². The number of fused-ring (bicyclic) bond motifs is 2. The maximum atomic E-state index is 14.0. The summed E-state index contributed by atoms with van der Waals surface area (Å²) in [6.07, 6.45) is 1.77. The maximum absolute atomic E-state index is 14.0. The molecule has 1 amide bonds. The SMILES string of the molecule is CCc1ccc(N2C(=O)c3oc4ccc(F)cc4c(=O)c3C2c2cccc(OCCC(C)C)c2)cc1. The van der Waals surface area contributed by atoms with Gasteiger partial charge in [-0.25, -0.2) is 4.39 Å². The number of anilines is 1. The molecule has 184 valence electrons. The quantitative estimate of drug-likeness (QED) is 0.293. The fraction of sp³-hybridized carbons (Fsp3) is 0.267. The van der Waals surface area contributed by atoms with Gasteiger partial charge in [0.15, 0.2) is 5.43 Å². The second-order valence-corrected chi connectivity index (χ2v) is 9.52. The van der Waals surface area contributed by atoms with Crippen LogP contribution >= 0.6 is 0 Å². The molecule has 0 saturated carbocycles. The number of halogens is 1. The third-order valence-electron chi connectivity index (χ3n) is 6.59. The average Bonchev–Trinajstić information content (AvgIpc) is 3.17. The van der Waals surface area contributed by atoms with Crippen molar-refractivity contribution in [2.75, 3.05) is 11.5 Å². The number of hydrogen-bond donors (Lipinski definition) is 0. The van der Waals surface area contributed by atoms with Gasteiger partial charge in [0.1, 0.15) is 17.1 Å². The Bertz CT molecular complexity index is 1490. The third kappa shape index (κ3) is 4.28. The summed E-state index contributed by atoms with van der Waals surface area (Å²) in [6, 6.07) is 18.1. The smallest absolute Gasteiger partial charge is 0.295 e. The molecule has 1 aromatic heterocycles. The normalized spacial score (nSPS) is 15.1. The summed E-state index contributed by atoms with van der Waals surface area (Å²) in [7, 11) is 0. The van der Waals surface area contributed by atoms with Gasteiger partial charge in [-0.05, 0) is 72.4 Å². The average molecular weight is 486 g/mol. The molecule has 1 aliphatic heterocycles. The lowest BCUT2D eigenvalue weighted by atomic mass is 9.98. The molecule has 1 atom stereocenters. The minimum absolute atomic E-state index is 0.0187. The van der Waals surface area contributed by atoms with Crippen LogP contribution in [0, 0.1) is 11.7 Å². The topological polar surface area (TPSA) is 59.8 Å². The summed E-state index contributed by atoms with van der Waals surface area (Å²) in [6.45, 7) is 6.90. The Balaban J connectivity index is 1.67. The van der Waals surface area contributed by atoms with Crippen LogP contribution in [-0.4, -0.2) is 12.5 Å². The van der Waals surface area contributed by atoms with Crippen LogP contribution in [0.3, 0.4) is 0 Å². The Morgan fingerprint density at radius 1 is 1.03 bits per heavy atom. The number of hydrogen-bond acceptors (Lipinski definition) is 4. The predicted octanol–water partition coefficient (Wildman–Crippen LogP) is 6.67. The zero-order valence-corrected chi connectivity index (χ0v) is 20.6. The molecule has 0 saturated heterocycles. The van der Waals surface area contributed by atoms with E-state index in [2.05, 4.69) is 20.8 Å². The number of rotatable bonds is 7. The van der Waals surface area contributed by atoms with Crippen molar-refractivity contribution in [2.45, 2.75) is 39.7 Å². The van der Waals surface area contributed by atoms with Crippen molar-refractivity contribution < 1.29 is 18.3 Å². The van der Waals surface area contributed by atoms with Crippen LogP contribution in [0.1, 0.15) is 60.5 Å². The number of amides is 1. The minimum Gasteiger partial charge on any atom is -0.494 e. The van der Waals surface area contributed by atoms with E-state index >= 15 is 0 Å². The van der Waals surface area contributed by atoms with Gasteiger partial charge < -0.3 is 9.15 Å². The van der Waals surface area contributed by atoms with Crippen LogP contribution in [0.4, 0.5) is 10.1 Å². The number of aryl methyl sites for hydroxylation is 1. The second kappa shape index (κ2) is 9.61. The van der Waals surface area contributed by atoms with E-state index in [9.17, 15) is 14.0 Å². The molecular formula is C30H28FNO4. The van der Waals surface area contributed by atoms with Crippen molar-refractivity contribution in [1.29, 1.82) is 0 Å². The lowest BCUT2D eigenvalue weighted by Gasteiger charge is -2.26. The van der Waals surface area contributed by atoms with Crippen molar-refractivity contribution in [3.8, 4) is 5.75 Å². The Labute approximate surface area is 209 Å². The molecule has 0 N–H and O–H groups in total. The van der Waals surface area contributed by atoms with E-state index in [1.54, 1.807) is 4.90 Å². The number of ether oxygens (including phenoxy) is 1.